The zero-order valence-corrected chi connectivity index (χ0v) is 8.14. The highest BCUT2D eigenvalue weighted by atomic mass is 19.1. The van der Waals surface area contributed by atoms with Crippen molar-refractivity contribution in [3.05, 3.63) is 39.2 Å². The maximum absolute atomic E-state index is 13.1. The zero-order valence-electron chi connectivity index (χ0n) is 8.14. The van der Waals surface area contributed by atoms with Crippen molar-refractivity contribution in [2.24, 2.45) is 0 Å². The maximum Gasteiger partial charge on any atom is 0.382 e. The van der Waals surface area contributed by atoms with Gasteiger partial charge in [-0.1, -0.05) is 0 Å². The van der Waals surface area contributed by atoms with Gasteiger partial charge in [-0.15, -0.1) is 0 Å². The van der Waals surface area contributed by atoms with Gasteiger partial charge in [-0.2, -0.15) is 0 Å². The average Bonchev–Trinajstić information content (AvgIpc) is 2.25. The highest BCUT2D eigenvalue weighted by Gasteiger charge is 2.16. The van der Waals surface area contributed by atoms with Crippen LogP contribution >= 0.6 is 0 Å². The second-order valence-electron chi connectivity index (χ2n) is 2.82. The van der Waals surface area contributed by atoms with E-state index in [1.807, 2.05) is 5.92 Å². The molecule has 86 valence electrons. The summed E-state index contributed by atoms with van der Waals surface area (Å²) in [5, 5.41) is 18.9. The van der Waals surface area contributed by atoms with Crippen LogP contribution in [0.2, 0.25) is 0 Å². The standard InChI is InChI=1S/C10H4FNO5/c11-8-3-6(1-2-10(14)15)9(12(16)17)4-7(8)5-13/h3-5H,(H,14,15). The number of hydrogen-bond acceptors (Lipinski definition) is 4. The van der Waals surface area contributed by atoms with Crippen molar-refractivity contribution >= 4 is 17.9 Å². The van der Waals surface area contributed by atoms with Crippen molar-refractivity contribution in [3.8, 4) is 11.8 Å². The predicted molar refractivity (Wildman–Crippen MR) is 53.0 cm³/mol. The Balaban J connectivity index is 3.44. The Bertz CT molecular complexity index is 570. The van der Waals surface area contributed by atoms with Gasteiger partial charge in [0.2, 0.25) is 0 Å². The Morgan fingerprint density at radius 1 is 1.53 bits per heavy atom. The molecule has 1 rings (SSSR count). The molecule has 0 unspecified atom stereocenters. The van der Waals surface area contributed by atoms with E-state index in [4.69, 9.17) is 5.11 Å². The third-order valence-electron chi connectivity index (χ3n) is 1.74. The summed E-state index contributed by atoms with van der Waals surface area (Å²) in [7, 11) is 0. The molecule has 0 amide bonds. The van der Waals surface area contributed by atoms with Gasteiger partial charge in [-0.3, -0.25) is 14.9 Å². The van der Waals surface area contributed by atoms with Gasteiger partial charge in [-0.05, 0) is 12.0 Å². The zero-order chi connectivity index (χ0) is 13.0. The number of carboxylic acid groups (broad SMARTS) is 1. The number of nitro groups is 1. The molecule has 0 heterocycles. The average molecular weight is 237 g/mol. The van der Waals surface area contributed by atoms with Crippen molar-refractivity contribution in [1.82, 2.24) is 0 Å². The summed E-state index contributed by atoms with van der Waals surface area (Å²) in [6, 6.07) is 1.35. The minimum absolute atomic E-state index is 0.122. The Morgan fingerprint density at radius 2 is 2.18 bits per heavy atom. The molecule has 0 saturated heterocycles. The van der Waals surface area contributed by atoms with Crippen LogP contribution in [0.4, 0.5) is 10.1 Å². The van der Waals surface area contributed by atoms with Crippen molar-refractivity contribution in [3.63, 3.8) is 0 Å². The van der Waals surface area contributed by atoms with Gasteiger partial charge in [0.1, 0.15) is 11.4 Å². The number of carboxylic acids is 1. The highest BCUT2D eigenvalue weighted by Crippen LogP contribution is 2.21. The van der Waals surface area contributed by atoms with Crippen LogP contribution in [0.5, 0.6) is 0 Å². The number of nitro benzene ring substituents is 1. The Hall–Kier alpha value is -2.75. The van der Waals surface area contributed by atoms with E-state index in [9.17, 15) is 24.1 Å². The molecule has 0 atom stereocenters. The molecule has 0 radical (unpaired) electrons. The fourth-order valence-corrected chi connectivity index (χ4v) is 1.04. The van der Waals surface area contributed by atoms with E-state index >= 15 is 0 Å². The van der Waals surface area contributed by atoms with Crippen LogP contribution in [0.3, 0.4) is 0 Å². The molecule has 17 heavy (non-hydrogen) atoms. The van der Waals surface area contributed by atoms with Crippen molar-refractivity contribution < 1.29 is 24.0 Å². The molecule has 1 N–H and O–H groups in total. The number of aliphatic carboxylic acids is 1. The predicted octanol–water partition coefficient (Wildman–Crippen LogP) is 0.982. The van der Waals surface area contributed by atoms with Crippen LogP contribution < -0.4 is 0 Å². The lowest BCUT2D eigenvalue weighted by molar-refractivity contribution is -0.385. The maximum atomic E-state index is 13.1. The number of halogens is 1. The van der Waals surface area contributed by atoms with Crippen LogP contribution in [0, 0.1) is 27.8 Å². The monoisotopic (exact) mass is 237 g/mol. The molecule has 6 nitrogen and oxygen atoms in total. The van der Waals surface area contributed by atoms with Gasteiger partial charge < -0.3 is 5.11 Å². The highest BCUT2D eigenvalue weighted by molar-refractivity contribution is 5.87. The van der Waals surface area contributed by atoms with Crippen LogP contribution in [-0.2, 0) is 4.79 Å². The molecule has 0 spiro atoms. The topological polar surface area (TPSA) is 97.5 Å². The number of aldehydes is 1. The molecular formula is C10H4FNO5. The van der Waals surface area contributed by atoms with E-state index in [0.29, 0.717) is 12.1 Å². The molecule has 0 aromatic heterocycles. The molecule has 0 saturated carbocycles. The number of carbonyl (C=O) groups excluding carboxylic acids is 1. The SMILES string of the molecule is O=Cc1cc([N+](=O)[O-])c(C#CC(=O)O)cc1F. The fraction of sp³-hybridized carbons (Fsp3) is 0. The summed E-state index contributed by atoms with van der Waals surface area (Å²) >= 11 is 0. The largest absolute Gasteiger partial charge is 0.472 e. The van der Waals surface area contributed by atoms with Gasteiger partial charge in [0, 0.05) is 12.0 Å². The fourth-order valence-electron chi connectivity index (χ4n) is 1.04. The summed E-state index contributed by atoms with van der Waals surface area (Å²) < 4.78 is 13.1. The van der Waals surface area contributed by atoms with Crippen LogP contribution in [0.15, 0.2) is 12.1 Å². The van der Waals surface area contributed by atoms with E-state index in [0.717, 1.165) is 0 Å². The van der Waals surface area contributed by atoms with E-state index < -0.39 is 33.5 Å². The van der Waals surface area contributed by atoms with Crippen LogP contribution in [0.1, 0.15) is 15.9 Å². The number of benzene rings is 1. The third kappa shape index (κ3) is 2.85. The second kappa shape index (κ2) is 4.85. The summed E-state index contributed by atoms with van der Waals surface area (Å²) in [5.74, 6) is 1.07. The molecule has 1 aromatic carbocycles. The lowest BCUT2D eigenvalue weighted by atomic mass is 10.1. The van der Waals surface area contributed by atoms with E-state index in [1.165, 1.54) is 0 Å². The molecule has 0 aliphatic carbocycles. The summed E-state index contributed by atoms with van der Waals surface area (Å²) in [6.45, 7) is 0. The summed E-state index contributed by atoms with van der Waals surface area (Å²) in [5.41, 5.74) is -1.51. The minimum atomic E-state index is -1.50. The Kier molecular flexibility index (Phi) is 3.51. The van der Waals surface area contributed by atoms with Crippen molar-refractivity contribution in [2.75, 3.05) is 0 Å². The first-order chi connectivity index (χ1) is 7.95. The van der Waals surface area contributed by atoms with Crippen molar-refractivity contribution in [1.29, 1.82) is 0 Å². The summed E-state index contributed by atoms with van der Waals surface area (Å²) in [6.07, 6.45) is 0.122. The number of rotatable bonds is 2. The van der Waals surface area contributed by atoms with Crippen molar-refractivity contribution in [2.45, 2.75) is 0 Å². The smallest absolute Gasteiger partial charge is 0.382 e. The number of hydrogen-bond donors (Lipinski definition) is 1. The van der Waals surface area contributed by atoms with Crippen LogP contribution in [-0.4, -0.2) is 22.3 Å². The first-order valence-electron chi connectivity index (χ1n) is 4.13. The van der Waals surface area contributed by atoms with Gasteiger partial charge >= 0.3 is 5.97 Å². The van der Waals surface area contributed by atoms with Gasteiger partial charge in [0.25, 0.3) is 5.69 Å². The molecule has 0 aliphatic rings. The quantitative estimate of drug-likeness (QED) is 0.358. The molecule has 0 aliphatic heterocycles. The number of nitrogens with zero attached hydrogens (tertiary/aromatic N) is 1. The first-order valence-corrected chi connectivity index (χ1v) is 4.13. The molecule has 0 fully saturated rings. The van der Waals surface area contributed by atoms with E-state index in [-0.39, 0.29) is 6.29 Å². The first kappa shape index (κ1) is 12.3. The van der Waals surface area contributed by atoms with Crippen LogP contribution in [0.25, 0.3) is 0 Å². The van der Waals surface area contributed by atoms with Gasteiger partial charge in [-0.25, -0.2) is 9.18 Å². The van der Waals surface area contributed by atoms with E-state index in [1.54, 1.807) is 5.92 Å². The molecule has 0 bridgehead atoms. The molecule has 1 aromatic rings. The lowest BCUT2D eigenvalue weighted by Gasteiger charge is -1.98. The minimum Gasteiger partial charge on any atom is -0.472 e. The van der Waals surface area contributed by atoms with Gasteiger partial charge in [0.05, 0.1) is 10.5 Å². The normalized spacial score (nSPS) is 9.00. The van der Waals surface area contributed by atoms with Gasteiger partial charge in [0.15, 0.2) is 6.29 Å². The second-order valence-corrected chi connectivity index (χ2v) is 2.82. The summed E-state index contributed by atoms with van der Waals surface area (Å²) in [4.78, 5) is 30.3. The molecular weight excluding hydrogens is 233 g/mol. The number of carbonyl (C=O) groups is 2. The third-order valence-corrected chi connectivity index (χ3v) is 1.74. The lowest BCUT2D eigenvalue weighted by Crippen LogP contribution is -1.98. The Labute approximate surface area is 93.8 Å². The van der Waals surface area contributed by atoms with E-state index in [2.05, 4.69) is 0 Å². The molecule has 7 heteroatoms. The Morgan fingerprint density at radius 3 is 2.65 bits per heavy atom.